The second kappa shape index (κ2) is 7.49. The van der Waals surface area contributed by atoms with Crippen LogP contribution in [0.3, 0.4) is 0 Å². The molecule has 104 valence electrons. The maximum absolute atomic E-state index is 11.5. The van der Waals surface area contributed by atoms with Gasteiger partial charge in [-0.2, -0.15) is 4.99 Å². The van der Waals surface area contributed by atoms with E-state index >= 15 is 0 Å². The van der Waals surface area contributed by atoms with Gasteiger partial charge in [0.25, 0.3) is 5.96 Å². The second-order valence-corrected chi connectivity index (χ2v) is 4.14. The Labute approximate surface area is 107 Å². The molecule has 0 rings (SSSR count). The number of oxime groups is 1. The van der Waals surface area contributed by atoms with Gasteiger partial charge in [0.2, 0.25) is 0 Å². The highest BCUT2D eigenvalue weighted by Crippen LogP contribution is 2.06. The number of guanidine groups is 2. The molecule has 0 bridgehead atoms. The highest BCUT2D eigenvalue weighted by Gasteiger charge is 2.21. The molecule has 0 heterocycles. The molecule has 8 nitrogen and oxygen atoms in total. The number of nitrogens with zero attached hydrogens (tertiary/aromatic N) is 3. The Morgan fingerprint density at radius 1 is 1.39 bits per heavy atom. The largest absolute Gasteiger partial charge is 0.369 e. The van der Waals surface area contributed by atoms with Gasteiger partial charge in [-0.15, -0.1) is 0 Å². The summed E-state index contributed by atoms with van der Waals surface area (Å²) in [5.74, 6) is -0.736. The summed E-state index contributed by atoms with van der Waals surface area (Å²) in [6.45, 7) is 3.78. The van der Waals surface area contributed by atoms with Crippen molar-refractivity contribution in [3.63, 3.8) is 0 Å². The van der Waals surface area contributed by atoms with Crippen LogP contribution in [0.4, 0.5) is 0 Å². The lowest BCUT2D eigenvalue weighted by molar-refractivity contribution is -0.146. The lowest BCUT2D eigenvalue weighted by Gasteiger charge is -2.14. The topological polar surface area (TPSA) is 132 Å². The van der Waals surface area contributed by atoms with Crippen LogP contribution in [0, 0.1) is 5.92 Å². The van der Waals surface area contributed by atoms with Gasteiger partial charge in [-0.1, -0.05) is 20.3 Å². The Kier molecular flexibility index (Phi) is 6.73. The number of aliphatic imine (C=N–C) groups is 1. The van der Waals surface area contributed by atoms with Gasteiger partial charge in [-0.25, -0.2) is 4.79 Å². The minimum atomic E-state index is -0.735. The Hall–Kier alpha value is -1.83. The van der Waals surface area contributed by atoms with Crippen LogP contribution in [0.15, 0.2) is 10.1 Å². The number of nitrogens with two attached hydrogens (primary N) is 3. The van der Waals surface area contributed by atoms with Crippen molar-refractivity contribution in [2.45, 2.75) is 26.3 Å². The molecule has 0 aromatic carbocycles. The minimum absolute atomic E-state index is 0.00395. The van der Waals surface area contributed by atoms with Gasteiger partial charge in [-0.3, -0.25) is 0 Å². The zero-order valence-corrected chi connectivity index (χ0v) is 11.3. The summed E-state index contributed by atoms with van der Waals surface area (Å²) >= 11 is 0. The molecule has 0 aliphatic carbocycles. The van der Waals surface area contributed by atoms with E-state index in [9.17, 15) is 4.79 Å². The van der Waals surface area contributed by atoms with Crippen molar-refractivity contribution >= 4 is 17.9 Å². The van der Waals surface area contributed by atoms with E-state index in [4.69, 9.17) is 17.2 Å². The third kappa shape index (κ3) is 5.48. The molecular weight excluding hydrogens is 236 g/mol. The molecule has 6 N–H and O–H groups in total. The first-order valence-electron chi connectivity index (χ1n) is 5.61. The van der Waals surface area contributed by atoms with Gasteiger partial charge in [0.05, 0.1) is 0 Å². The standard InChI is InChI=1S/C10H22N6O2/c1-5-6(2)7(11)8(17)18-15-9(12)14-10(13)16(3)4/h6-7H,5,11H2,1-4H3,(H4,12,13,14,15). The Morgan fingerprint density at radius 2 is 1.94 bits per heavy atom. The molecule has 0 aliphatic rings. The van der Waals surface area contributed by atoms with E-state index in [2.05, 4.69) is 15.0 Å². The molecular formula is C10H22N6O2. The van der Waals surface area contributed by atoms with Crippen molar-refractivity contribution in [1.82, 2.24) is 4.90 Å². The minimum Gasteiger partial charge on any atom is -0.369 e. The number of hydrogen-bond donors (Lipinski definition) is 3. The van der Waals surface area contributed by atoms with Crippen LogP contribution < -0.4 is 17.2 Å². The van der Waals surface area contributed by atoms with Gasteiger partial charge in [-0.05, 0) is 11.1 Å². The highest BCUT2D eigenvalue weighted by atomic mass is 16.7. The van der Waals surface area contributed by atoms with Crippen molar-refractivity contribution < 1.29 is 9.63 Å². The van der Waals surface area contributed by atoms with E-state index in [1.165, 1.54) is 4.90 Å². The zero-order chi connectivity index (χ0) is 14.3. The third-order valence-electron chi connectivity index (χ3n) is 2.45. The van der Waals surface area contributed by atoms with E-state index in [0.717, 1.165) is 6.42 Å². The van der Waals surface area contributed by atoms with Crippen LogP contribution in [0.5, 0.6) is 0 Å². The quantitative estimate of drug-likeness (QED) is 0.257. The van der Waals surface area contributed by atoms with Gasteiger partial charge in [0.15, 0.2) is 5.96 Å². The molecule has 0 fully saturated rings. The lowest BCUT2D eigenvalue weighted by Crippen LogP contribution is -2.37. The lowest BCUT2D eigenvalue weighted by atomic mass is 10.0. The van der Waals surface area contributed by atoms with Crippen LogP contribution in [0.2, 0.25) is 0 Å². The SMILES string of the molecule is CCC(C)C(N)C(=O)ON=C(N)N=C(N)N(C)C. The maximum Gasteiger partial charge on any atom is 0.351 e. The van der Waals surface area contributed by atoms with Gasteiger partial charge in [0.1, 0.15) is 6.04 Å². The van der Waals surface area contributed by atoms with E-state index in [0.29, 0.717) is 0 Å². The first kappa shape index (κ1) is 16.2. The molecule has 0 aromatic heterocycles. The summed E-state index contributed by atoms with van der Waals surface area (Å²) in [5.41, 5.74) is 16.6. The van der Waals surface area contributed by atoms with Crippen LogP contribution in [0.25, 0.3) is 0 Å². The molecule has 18 heavy (non-hydrogen) atoms. The second-order valence-electron chi connectivity index (χ2n) is 4.14. The molecule has 0 aliphatic heterocycles. The van der Waals surface area contributed by atoms with Crippen molar-refractivity contribution in [3.05, 3.63) is 0 Å². The van der Waals surface area contributed by atoms with Gasteiger partial charge < -0.3 is 26.9 Å². The summed E-state index contributed by atoms with van der Waals surface area (Å²) < 4.78 is 0. The van der Waals surface area contributed by atoms with Crippen molar-refractivity contribution in [1.29, 1.82) is 0 Å². The van der Waals surface area contributed by atoms with E-state index in [1.54, 1.807) is 14.1 Å². The predicted octanol–water partition coefficient (Wildman–Crippen LogP) is -0.991. The molecule has 0 aromatic rings. The summed E-state index contributed by atoms with van der Waals surface area (Å²) in [6, 6.07) is -0.735. The Bertz CT molecular complexity index is 339. The van der Waals surface area contributed by atoms with Crippen molar-refractivity contribution in [2.24, 2.45) is 33.3 Å². The van der Waals surface area contributed by atoms with E-state index < -0.39 is 12.0 Å². The van der Waals surface area contributed by atoms with Crippen LogP contribution in [0.1, 0.15) is 20.3 Å². The average Bonchev–Trinajstić information content (AvgIpc) is 2.33. The molecule has 0 saturated heterocycles. The molecule has 8 heteroatoms. The molecule has 2 atom stereocenters. The summed E-state index contributed by atoms with van der Waals surface area (Å²) in [4.78, 5) is 21.3. The van der Waals surface area contributed by atoms with Crippen molar-refractivity contribution in [2.75, 3.05) is 14.1 Å². The number of carbonyl (C=O) groups excluding carboxylic acids is 1. The predicted molar refractivity (Wildman–Crippen MR) is 70.5 cm³/mol. The Balaban J connectivity index is 4.47. The maximum atomic E-state index is 11.5. The fraction of sp³-hybridized carbons (Fsp3) is 0.700. The summed E-state index contributed by atoms with van der Waals surface area (Å²) in [5, 5.41) is 3.35. The van der Waals surface area contributed by atoms with E-state index in [1.807, 2.05) is 13.8 Å². The molecule has 0 amide bonds. The number of carbonyl (C=O) groups is 1. The summed E-state index contributed by atoms with van der Waals surface area (Å²) in [7, 11) is 3.38. The van der Waals surface area contributed by atoms with E-state index in [-0.39, 0.29) is 17.8 Å². The fourth-order valence-electron chi connectivity index (χ4n) is 0.877. The zero-order valence-electron chi connectivity index (χ0n) is 11.3. The first-order chi connectivity index (χ1) is 8.29. The van der Waals surface area contributed by atoms with Gasteiger partial charge >= 0.3 is 5.97 Å². The van der Waals surface area contributed by atoms with Crippen LogP contribution >= 0.6 is 0 Å². The normalized spacial score (nSPS) is 16.1. The smallest absolute Gasteiger partial charge is 0.351 e. The number of hydrogen-bond acceptors (Lipinski definition) is 4. The monoisotopic (exact) mass is 258 g/mol. The molecule has 2 unspecified atom stereocenters. The fourth-order valence-corrected chi connectivity index (χ4v) is 0.877. The van der Waals surface area contributed by atoms with Crippen molar-refractivity contribution in [3.8, 4) is 0 Å². The molecule has 0 radical (unpaired) electrons. The van der Waals surface area contributed by atoms with Crippen LogP contribution in [-0.4, -0.2) is 42.9 Å². The highest BCUT2D eigenvalue weighted by molar-refractivity contribution is 5.93. The molecule has 0 saturated carbocycles. The number of rotatable bonds is 4. The van der Waals surface area contributed by atoms with Gasteiger partial charge in [0, 0.05) is 14.1 Å². The molecule has 0 spiro atoms. The first-order valence-corrected chi connectivity index (χ1v) is 5.61. The Morgan fingerprint density at radius 3 is 2.39 bits per heavy atom. The third-order valence-corrected chi connectivity index (χ3v) is 2.45. The average molecular weight is 258 g/mol. The summed E-state index contributed by atoms with van der Waals surface area (Å²) in [6.07, 6.45) is 0.765. The van der Waals surface area contributed by atoms with Crippen LogP contribution in [-0.2, 0) is 9.63 Å².